The average Bonchev–Trinajstić information content (AvgIpc) is 2.15. The Morgan fingerprint density at radius 2 is 1.65 bits per heavy atom. The van der Waals surface area contributed by atoms with E-state index in [0.29, 0.717) is 0 Å². The second-order valence-corrected chi connectivity index (χ2v) is 2.96. The number of rotatable bonds is 3. The van der Waals surface area contributed by atoms with Crippen LogP contribution in [0.3, 0.4) is 0 Å². The highest BCUT2D eigenvalue weighted by Gasteiger charge is 2.15. The van der Waals surface area contributed by atoms with Crippen molar-refractivity contribution < 1.29 is 31.9 Å². The van der Waals surface area contributed by atoms with Crippen molar-refractivity contribution in [2.24, 2.45) is 0 Å². The lowest BCUT2D eigenvalue weighted by Gasteiger charge is -2.13. The second-order valence-electron chi connectivity index (χ2n) is 2.96. The van der Waals surface area contributed by atoms with E-state index in [1.807, 2.05) is 0 Å². The number of hydrogen-bond donors (Lipinski definition) is 0. The Morgan fingerprint density at radius 1 is 1.18 bits per heavy atom. The molecular weight excluding hydrogens is 247 g/mol. The zero-order valence-electron chi connectivity index (χ0n) is 8.02. The van der Waals surface area contributed by atoms with Crippen molar-refractivity contribution in [1.29, 1.82) is 0 Å². The fourth-order valence-electron chi connectivity index (χ4n) is 1.04. The number of ketones is 1. The van der Waals surface area contributed by atoms with E-state index in [2.05, 4.69) is 0 Å². The van der Waals surface area contributed by atoms with E-state index < -0.39 is 41.0 Å². The maximum Gasteiger partial charge on any atom is 0.299 e. The first-order chi connectivity index (χ1) is 7.82. The Labute approximate surface area is 92.0 Å². The number of halogens is 5. The maximum atomic E-state index is 13.0. The third-order valence-corrected chi connectivity index (χ3v) is 1.74. The average molecular weight is 251 g/mol. The molecule has 0 saturated heterocycles. The van der Waals surface area contributed by atoms with Gasteiger partial charge >= 0.3 is 0 Å². The summed E-state index contributed by atoms with van der Waals surface area (Å²) in [5.41, 5.74) is -1.25. The summed E-state index contributed by atoms with van der Waals surface area (Å²) in [7, 11) is 0. The molecule has 0 spiro atoms. The number of benzene rings is 1. The van der Waals surface area contributed by atoms with Gasteiger partial charge in [0.1, 0.15) is 17.5 Å². The molecule has 0 heterocycles. The van der Waals surface area contributed by atoms with Crippen molar-refractivity contribution in [3.05, 3.63) is 41.2 Å². The van der Waals surface area contributed by atoms with Gasteiger partial charge in [0.25, 0.3) is 6.43 Å². The van der Waals surface area contributed by atoms with Gasteiger partial charge in [-0.1, -0.05) is 5.76 Å². The van der Waals surface area contributed by atoms with E-state index in [0.717, 1.165) is 0 Å². The van der Waals surface area contributed by atoms with E-state index in [4.69, 9.17) is 0 Å². The third kappa shape index (κ3) is 3.02. The van der Waals surface area contributed by atoms with Crippen molar-refractivity contribution in [2.45, 2.75) is 6.43 Å². The lowest BCUT2D eigenvalue weighted by atomic mass is 10.1. The van der Waals surface area contributed by atoms with Crippen molar-refractivity contribution in [3.8, 4) is 0 Å². The van der Waals surface area contributed by atoms with E-state index >= 15 is 0 Å². The molecule has 0 fully saturated rings. The minimum atomic E-state index is -3.45. The number of carbonyl (C=O) groups excluding carboxylic acids is 1. The lowest BCUT2D eigenvalue weighted by Crippen LogP contribution is -2.13. The Kier molecular flexibility index (Phi) is 3.82. The molecule has 0 radical (unpaired) electrons. The van der Waals surface area contributed by atoms with Gasteiger partial charge in [-0.25, -0.2) is 22.0 Å². The summed E-state index contributed by atoms with van der Waals surface area (Å²) in [5, 5.41) is 11.1. The molecule has 2 nitrogen and oxygen atoms in total. The highest BCUT2D eigenvalue weighted by atomic mass is 19.3. The Bertz CT molecular complexity index is 459. The largest absolute Gasteiger partial charge is 0.872 e. The molecule has 0 aliphatic carbocycles. The SMILES string of the molecule is O=C(/C=C(\[O-])c1c(F)cc(F)cc1F)C(F)F. The van der Waals surface area contributed by atoms with Gasteiger partial charge in [-0.15, -0.1) is 0 Å². The predicted molar refractivity (Wildman–Crippen MR) is 45.3 cm³/mol. The first-order valence-corrected chi connectivity index (χ1v) is 4.18. The van der Waals surface area contributed by atoms with E-state index in [-0.39, 0.29) is 18.2 Å². The molecule has 0 unspecified atom stereocenters. The fourth-order valence-corrected chi connectivity index (χ4v) is 1.04. The van der Waals surface area contributed by atoms with Gasteiger partial charge in [0.2, 0.25) is 5.78 Å². The topological polar surface area (TPSA) is 40.1 Å². The minimum absolute atomic E-state index is 0.135. The molecule has 0 aliphatic rings. The second kappa shape index (κ2) is 4.94. The summed E-state index contributed by atoms with van der Waals surface area (Å²) in [6.07, 6.45) is -3.59. The van der Waals surface area contributed by atoms with Crippen molar-refractivity contribution in [3.63, 3.8) is 0 Å². The number of hydrogen-bond acceptors (Lipinski definition) is 2. The van der Waals surface area contributed by atoms with Crippen molar-refractivity contribution in [1.82, 2.24) is 0 Å². The zero-order chi connectivity index (χ0) is 13.2. The summed E-state index contributed by atoms with van der Waals surface area (Å²) >= 11 is 0. The molecule has 92 valence electrons. The van der Waals surface area contributed by atoms with Gasteiger partial charge in [-0.2, -0.15) is 0 Å². The van der Waals surface area contributed by atoms with Gasteiger partial charge in [0.05, 0.1) is 0 Å². The Balaban J connectivity index is 3.21. The molecule has 1 aromatic carbocycles. The first kappa shape index (κ1) is 13.1. The van der Waals surface area contributed by atoms with Gasteiger partial charge in [0, 0.05) is 17.7 Å². The number of allylic oxidation sites excluding steroid dienone is 1. The monoisotopic (exact) mass is 251 g/mol. The predicted octanol–water partition coefficient (Wildman–Crippen LogP) is 1.64. The smallest absolute Gasteiger partial charge is 0.299 e. The summed E-state index contributed by atoms with van der Waals surface area (Å²) < 4.78 is 62.0. The fraction of sp³-hybridized carbons (Fsp3) is 0.100. The first-order valence-electron chi connectivity index (χ1n) is 4.18. The molecular formula is C10H4F5O2-. The molecule has 0 saturated carbocycles. The van der Waals surface area contributed by atoms with Gasteiger partial charge in [0.15, 0.2) is 0 Å². The summed E-state index contributed by atoms with van der Waals surface area (Å²) in [6, 6.07) is 0.411. The summed E-state index contributed by atoms with van der Waals surface area (Å²) in [5.74, 6) is -7.85. The normalized spacial score (nSPS) is 12.0. The number of alkyl halides is 2. The molecule has 1 rings (SSSR count). The molecule has 0 atom stereocenters. The van der Waals surface area contributed by atoms with Crippen LogP contribution in [-0.4, -0.2) is 12.2 Å². The van der Waals surface area contributed by atoms with Gasteiger partial charge < -0.3 is 5.11 Å². The maximum absolute atomic E-state index is 13.0. The third-order valence-electron chi connectivity index (χ3n) is 1.74. The van der Waals surface area contributed by atoms with E-state index in [9.17, 15) is 31.9 Å². The molecule has 7 heteroatoms. The zero-order valence-corrected chi connectivity index (χ0v) is 8.02. The number of carbonyl (C=O) groups is 1. The van der Waals surface area contributed by atoms with Crippen LogP contribution in [0.4, 0.5) is 22.0 Å². The highest BCUT2D eigenvalue weighted by molar-refractivity contribution is 5.97. The van der Waals surface area contributed by atoms with Crippen LogP contribution in [-0.2, 0) is 4.79 Å². The Morgan fingerprint density at radius 3 is 2.06 bits per heavy atom. The minimum Gasteiger partial charge on any atom is -0.872 e. The van der Waals surface area contributed by atoms with Crippen molar-refractivity contribution in [2.75, 3.05) is 0 Å². The lowest BCUT2D eigenvalue weighted by molar-refractivity contribution is -0.244. The van der Waals surface area contributed by atoms with E-state index in [1.54, 1.807) is 0 Å². The quantitative estimate of drug-likeness (QED) is 0.465. The van der Waals surface area contributed by atoms with Crippen LogP contribution in [0.2, 0.25) is 0 Å². The van der Waals surface area contributed by atoms with Crippen molar-refractivity contribution >= 4 is 11.5 Å². The summed E-state index contributed by atoms with van der Waals surface area (Å²) in [6.45, 7) is 0. The Hall–Kier alpha value is -1.92. The molecule has 0 N–H and O–H groups in total. The molecule has 17 heavy (non-hydrogen) atoms. The van der Waals surface area contributed by atoms with Gasteiger partial charge in [-0.05, 0) is 6.08 Å². The van der Waals surface area contributed by atoms with Crippen LogP contribution in [0.5, 0.6) is 0 Å². The molecule has 1 aromatic rings. The van der Waals surface area contributed by atoms with Crippen LogP contribution in [0.25, 0.3) is 5.76 Å². The van der Waals surface area contributed by atoms with Crippen LogP contribution >= 0.6 is 0 Å². The van der Waals surface area contributed by atoms with E-state index in [1.165, 1.54) is 0 Å². The molecule has 0 aromatic heterocycles. The molecule has 0 bridgehead atoms. The highest BCUT2D eigenvalue weighted by Crippen LogP contribution is 2.20. The molecule has 0 aliphatic heterocycles. The van der Waals surface area contributed by atoms with Crippen LogP contribution in [0, 0.1) is 17.5 Å². The summed E-state index contributed by atoms with van der Waals surface area (Å²) in [4.78, 5) is 10.5. The standard InChI is InChI=1S/C10H5F5O2/c11-4-1-5(12)9(6(13)2-4)7(16)3-8(17)10(14)15/h1-3,10,16H/p-1/b7-3-. The van der Waals surface area contributed by atoms with Crippen LogP contribution in [0.15, 0.2) is 18.2 Å². The molecule has 0 amide bonds. The van der Waals surface area contributed by atoms with Crippen LogP contribution < -0.4 is 5.11 Å². The van der Waals surface area contributed by atoms with Gasteiger partial charge in [-0.3, -0.25) is 4.79 Å². The van der Waals surface area contributed by atoms with Crippen LogP contribution in [0.1, 0.15) is 5.56 Å².